The van der Waals surface area contributed by atoms with Crippen LogP contribution in [0.3, 0.4) is 0 Å². The highest BCUT2D eigenvalue weighted by Gasteiger charge is 2.26. The Balaban J connectivity index is 1.48. The molecule has 0 unspecified atom stereocenters. The number of anilines is 1. The third kappa shape index (κ3) is 4.07. The Hall–Kier alpha value is -4.01. The Morgan fingerprint density at radius 3 is 2.60 bits per heavy atom. The number of carbonyl (C=O) groups is 2. The van der Waals surface area contributed by atoms with Crippen molar-refractivity contribution in [2.75, 3.05) is 12.3 Å². The van der Waals surface area contributed by atoms with Crippen molar-refractivity contribution in [3.8, 4) is 0 Å². The number of pyridine rings is 1. The summed E-state index contributed by atoms with van der Waals surface area (Å²) in [7, 11) is 0. The van der Waals surface area contributed by atoms with Crippen LogP contribution in [-0.2, 0) is 28.9 Å². The van der Waals surface area contributed by atoms with Crippen LogP contribution >= 0.6 is 0 Å². The minimum Gasteiger partial charge on any atom is -0.462 e. The van der Waals surface area contributed by atoms with E-state index in [0.29, 0.717) is 16.7 Å². The molecular weight excluding hydrogens is 448 g/mol. The summed E-state index contributed by atoms with van der Waals surface area (Å²) in [4.78, 5) is 39.1. The average molecular weight is 475 g/mol. The number of carbonyl (C=O) groups excluding carboxylic acids is 2. The van der Waals surface area contributed by atoms with Crippen molar-refractivity contribution in [2.45, 2.75) is 53.1 Å². The van der Waals surface area contributed by atoms with E-state index in [1.807, 2.05) is 25.1 Å². The summed E-state index contributed by atoms with van der Waals surface area (Å²) in [6.45, 7) is 5.35. The highest BCUT2D eigenvalue weighted by atomic mass is 16.5. The lowest BCUT2D eigenvalue weighted by atomic mass is 9.89. The summed E-state index contributed by atoms with van der Waals surface area (Å²) >= 11 is 0. The number of esters is 2. The maximum Gasteiger partial charge on any atom is 0.342 e. The largest absolute Gasteiger partial charge is 0.462 e. The van der Waals surface area contributed by atoms with Gasteiger partial charge >= 0.3 is 11.9 Å². The summed E-state index contributed by atoms with van der Waals surface area (Å²) in [6, 6.07) is 5.90. The van der Waals surface area contributed by atoms with Gasteiger partial charge in [0.25, 0.3) is 0 Å². The second kappa shape index (κ2) is 8.98. The molecule has 0 saturated heterocycles. The van der Waals surface area contributed by atoms with Crippen molar-refractivity contribution in [1.29, 1.82) is 0 Å². The Morgan fingerprint density at radius 2 is 1.80 bits per heavy atom. The molecule has 4 aromatic rings. The fourth-order valence-corrected chi connectivity index (χ4v) is 4.67. The Bertz CT molecular complexity index is 1490. The van der Waals surface area contributed by atoms with Crippen LogP contribution in [-0.4, -0.2) is 33.5 Å². The summed E-state index contributed by atoms with van der Waals surface area (Å²) < 4.78 is 16.4. The lowest BCUT2D eigenvalue weighted by Gasteiger charge is -2.20. The van der Waals surface area contributed by atoms with Gasteiger partial charge in [0.1, 0.15) is 17.1 Å². The number of hydrogen-bond donors (Lipinski definition) is 1. The number of rotatable bonds is 5. The van der Waals surface area contributed by atoms with Crippen molar-refractivity contribution in [3.63, 3.8) is 0 Å². The van der Waals surface area contributed by atoms with Crippen LogP contribution in [0.2, 0.25) is 0 Å². The van der Waals surface area contributed by atoms with Gasteiger partial charge in [-0.25, -0.2) is 14.6 Å². The monoisotopic (exact) mass is 474 g/mol. The molecule has 0 amide bonds. The highest BCUT2D eigenvalue weighted by molar-refractivity contribution is 6.07. The predicted molar refractivity (Wildman–Crippen MR) is 129 cm³/mol. The van der Waals surface area contributed by atoms with Crippen LogP contribution in [0.1, 0.15) is 68.9 Å². The van der Waals surface area contributed by atoms with Gasteiger partial charge in [-0.2, -0.15) is 4.98 Å². The number of nitrogen functional groups attached to an aromatic ring is 1. The maximum absolute atomic E-state index is 13.4. The quantitative estimate of drug-likeness (QED) is 0.419. The number of nitrogens with zero attached hydrogens (tertiary/aromatic N) is 3. The summed E-state index contributed by atoms with van der Waals surface area (Å²) in [5.74, 6) is -0.438. The molecule has 3 heterocycles. The zero-order chi connectivity index (χ0) is 24.7. The van der Waals surface area contributed by atoms with E-state index >= 15 is 0 Å². The van der Waals surface area contributed by atoms with Crippen LogP contribution < -0.4 is 5.73 Å². The van der Waals surface area contributed by atoms with E-state index in [-0.39, 0.29) is 36.1 Å². The third-order valence-corrected chi connectivity index (χ3v) is 6.24. The fourth-order valence-electron chi connectivity index (χ4n) is 4.67. The van der Waals surface area contributed by atoms with E-state index in [9.17, 15) is 9.59 Å². The molecule has 0 spiro atoms. The van der Waals surface area contributed by atoms with Gasteiger partial charge in [0.05, 0.1) is 23.1 Å². The van der Waals surface area contributed by atoms with Gasteiger partial charge in [-0.05, 0) is 64.2 Å². The number of hydrogen-bond acceptors (Lipinski definition) is 9. The molecule has 0 bridgehead atoms. The first-order valence-corrected chi connectivity index (χ1v) is 11.7. The van der Waals surface area contributed by atoms with Gasteiger partial charge < -0.3 is 19.6 Å². The first-order chi connectivity index (χ1) is 16.9. The zero-order valence-corrected chi connectivity index (χ0v) is 19.9. The maximum atomic E-state index is 13.4. The van der Waals surface area contributed by atoms with Crippen LogP contribution in [0, 0.1) is 13.8 Å². The first kappa shape index (κ1) is 22.8. The number of aryl methyl sites for hydroxylation is 3. The number of nitrogens with two attached hydrogens (primary N) is 1. The molecule has 35 heavy (non-hydrogen) atoms. The molecule has 5 rings (SSSR count). The molecule has 180 valence electrons. The number of fused-ring (bicyclic) bond motifs is 3. The molecule has 1 aliphatic carbocycles. The molecule has 3 aromatic heterocycles. The second-order valence-corrected chi connectivity index (χ2v) is 8.67. The first-order valence-electron chi connectivity index (χ1n) is 11.7. The molecule has 0 atom stereocenters. The van der Waals surface area contributed by atoms with Crippen molar-refractivity contribution in [3.05, 3.63) is 57.7 Å². The molecule has 9 heteroatoms. The molecule has 1 aromatic carbocycles. The molecule has 9 nitrogen and oxygen atoms in total. The van der Waals surface area contributed by atoms with E-state index in [2.05, 4.69) is 9.97 Å². The van der Waals surface area contributed by atoms with Gasteiger partial charge in [0.15, 0.2) is 12.4 Å². The van der Waals surface area contributed by atoms with E-state index in [1.165, 1.54) is 0 Å². The van der Waals surface area contributed by atoms with Crippen molar-refractivity contribution in [1.82, 2.24) is 15.0 Å². The predicted octanol–water partition coefficient (Wildman–Crippen LogP) is 4.38. The SMILES string of the molecule is CCOC(=O)c1c(C)oc2nc(COC(=O)c3c4c(nc5ccc(C)cc35)CCCC4)nc(N)c12. The number of furan rings is 1. The van der Waals surface area contributed by atoms with Crippen molar-refractivity contribution >= 4 is 39.8 Å². The van der Waals surface area contributed by atoms with E-state index in [1.54, 1.807) is 13.8 Å². The Morgan fingerprint density at radius 1 is 1.03 bits per heavy atom. The topological polar surface area (TPSA) is 130 Å². The molecule has 1 aliphatic rings. The van der Waals surface area contributed by atoms with Crippen LogP contribution in [0.25, 0.3) is 22.0 Å². The lowest BCUT2D eigenvalue weighted by molar-refractivity contribution is 0.0462. The third-order valence-electron chi connectivity index (χ3n) is 6.24. The normalized spacial score (nSPS) is 13.1. The molecular formula is C26H26N4O5. The zero-order valence-electron chi connectivity index (χ0n) is 19.9. The summed E-state index contributed by atoms with van der Waals surface area (Å²) in [5.41, 5.74) is 10.8. The van der Waals surface area contributed by atoms with Crippen LogP contribution in [0.15, 0.2) is 22.6 Å². The van der Waals surface area contributed by atoms with Gasteiger partial charge in [-0.3, -0.25) is 4.98 Å². The average Bonchev–Trinajstić information content (AvgIpc) is 3.17. The number of aromatic nitrogens is 3. The number of benzene rings is 1. The van der Waals surface area contributed by atoms with Gasteiger partial charge in [-0.15, -0.1) is 0 Å². The van der Waals surface area contributed by atoms with Crippen LogP contribution in [0.4, 0.5) is 5.82 Å². The lowest BCUT2D eigenvalue weighted by Crippen LogP contribution is -2.16. The van der Waals surface area contributed by atoms with Crippen molar-refractivity contribution < 1.29 is 23.5 Å². The van der Waals surface area contributed by atoms with Gasteiger partial charge in [0.2, 0.25) is 5.71 Å². The molecule has 0 radical (unpaired) electrons. The molecule has 0 saturated carbocycles. The standard InChI is InChI=1S/C26H26N4O5/c1-4-33-25(31)20-14(3)35-24-22(20)23(27)29-19(30-24)12-34-26(32)21-15-7-5-6-8-17(15)28-18-10-9-13(2)11-16(18)21/h9-11H,4-8,12H2,1-3H3,(H2,27,29,30). The molecule has 0 aliphatic heterocycles. The van der Waals surface area contributed by atoms with Gasteiger partial charge in [0, 0.05) is 11.1 Å². The van der Waals surface area contributed by atoms with Gasteiger partial charge in [-0.1, -0.05) is 11.6 Å². The summed E-state index contributed by atoms with van der Waals surface area (Å²) in [5, 5.41) is 1.08. The summed E-state index contributed by atoms with van der Waals surface area (Å²) in [6.07, 6.45) is 3.68. The molecule has 0 fully saturated rings. The fraction of sp³-hybridized carbons (Fsp3) is 0.346. The van der Waals surface area contributed by atoms with E-state index < -0.39 is 11.9 Å². The minimum absolute atomic E-state index is 0.0586. The van der Waals surface area contributed by atoms with Crippen molar-refractivity contribution in [2.24, 2.45) is 0 Å². The van der Waals surface area contributed by atoms with E-state index in [0.717, 1.165) is 53.4 Å². The minimum atomic E-state index is -0.553. The second-order valence-electron chi connectivity index (χ2n) is 8.67. The molecule has 2 N–H and O–H groups in total. The highest BCUT2D eigenvalue weighted by Crippen LogP contribution is 2.31. The van der Waals surface area contributed by atoms with Crippen LogP contribution in [0.5, 0.6) is 0 Å². The number of ether oxygens (including phenoxy) is 2. The van der Waals surface area contributed by atoms with E-state index in [4.69, 9.17) is 24.6 Å². The smallest absolute Gasteiger partial charge is 0.342 e. The Labute approximate surface area is 201 Å². The Kier molecular flexibility index (Phi) is 5.84.